The van der Waals surface area contributed by atoms with Crippen molar-refractivity contribution in [2.75, 3.05) is 19.0 Å². The number of aromatic nitrogens is 1. The molecule has 0 saturated heterocycles. The molecule has 2 aromatic rings. The van der Waals surface area contributed by atoms with Crippen LogP contribution in [0.5, 0.6) is 5.75 Å². The van der Waals surface area contributed by atoms with Gasteiger partial charge in [0.2, 0.25) is 5.91 Å². The van der Waals surface area contributed by atoms with Crippen LogP contribution in [-0.2, 0) is 4.79 Å². The van der Waals surface area contributed by atoms with Gasteiger partial charge in [-0.1, -0.05) is 19.1 Å². The second-order valence-corrected chi connectivity index (χ2v) is 6.28. The lowest BCUT2D eigenvalue weighted by molar-refractivity contribution is -0.120. The fraction of sp³-hybridized carbons (Fsp3) is 0.353. The Morgan fingerprint density at radius 3 is 2.80 bits per heavy atom. The molecule has 0 aliphatic heterocycles. The minimum Gasteiger partial charge on any atom is -0.495 e. The molecule has 1 atom stereocenters. The van der Waals surface area contributed by atoms with Crippen LogP contribution in [0.3, 0.4) is 0 Å². The number of para-hydroxylation sites is 2. The van der Waals surface area contributed by atoms with Crippen molar-refractivity contribution in [3.05, 3.63) is 35.3 Å². The highest BCUT2D eigenvalue weighted by molar-refractivity contribution is 7.14. The van der Waals surface area contributed by atoms with Crippen LogP contribution in [0.4, 0.5) is 10.8 Å². The third-order valence-corrected chi connectivity index (χ3v) is 4.27. The predicted octanol–water partition coefficient (Wildman–Crippen LogP) is 2.54. The molecule has 0 bridgehead atoms. The first-order valence-corrected chi connectivity index (χ1v) is 8.84. The molecular weight excluding hydrogens is 340 g/mol. The van der Waals surface area contributed by atoms with Crippen LogP contribution in [0.25, 0.3) is 0 Å². The van der Waals surface area contributed by atoms with Crippen molar-refractivity contribution in [1.82, 2.24) is 15.6 Å². The molecule has 0 fully saturated rings. The number of nitrogens with one attached hydrogen (secondary N) is 3. The summed E-state index contributed by atoms with van der Waals surface area (Å²) in [6.45, 7) is 3.82. The summed E-state index contributed by atoms with van der Waals surface area (Å²) in [5.41, 5.74) is 1.03. The summed E-state index contributed by atoms with van der Waals surface area (Å²) in [4.78, 5) is 28.0. The molecule has 3 N–H and O–H groups in total. The van der Waals surface area contributed by atoms with Gasteiger partial charge in [0.1, 0.15) is 11.4 Å². The third-order valence-electron chi connectivity index (χ3n) is 3.51. The van der Waals surface area contributed by atoms with E-state index in [1.54, 1.807) is 12.5 Å². The predicted molar refractivity (Wildman–Crippen MR) is 98.6 cm³/mol. The Morgan fingerprint density at radius 2 is 2.08 bits per heavy atom. The van der Waals surface area contributed by atoms with Gasteiger partial charge in [0.25, 0.3) is 5.91 Å². The van der Waals surface area contributed by atoms with Crippen LogP contribution in [0.2, 0.25) is 0 Å². The number of hydrogen-bond acceptors (Lipinski definition) is 6. The van der Waals surface area contributed by atoms with E-state index in [0.717, 1.165) is 12.1 Å². The van der Waals surface area contributed by atoms with Gasteiger partial charge in [0.15, 0.2) is 5.13 Å². The minimum absolute atomic E-state index is 0.0734. The van der Waals surface area contributed by atoms with Gasteiger partial charge in [-0.3, -0.25) is 9.59 Å². The summed E-state index contributed by atoms with van der Waals surface area (Å²) in [6, 6.07) is 7.52. The monoisotopic (exact) mass is 362 g/mol. The number of benzene rings is 1. The summed E-state index contributed by atoms with van der Waals surface area (Å²) >= 11 is 1.30. The normalized spacial score (nSPS) is 11.5. The maximum atomic E-state index is 12.1. The first kappa shape index (κ1) is 18.7. The molecule has 1 heterocycles. The zero-order chi connectivity index (χ0) is 18.2. The number of rotatable bonds is 8. The fourth-order valence-corrected chi connectivity index (χ4v) is 2.68. The lowest BCUT2D eigenvalue weighted by Crippen LogP contribution is -2.40. The molecule has 8 heteroatoms. The average molecular weight is 362 g/mol. The van der Waals surface area contributed by atoms with Crippen molar-refractivity contribution < 1.29 is 14.3 Å². The molecule has 134 valence electrons. The number of nitrogens with zero attached hydrogens (tertiary/aromatic N) is 1. The highest BCUT2D eigenvalue weighted by Gasteiger charge is 2.13. The average Bonchev–Trinajstić information content (AvgIpc) is 3.08. The number of methoxy groups -OCH3 is 1. The Hall–Kier alpha value is -2.61. The van der Waals surface area contributed by atoms with Gasteiger partial charge in [-0.2, -0.15) is 0 Å². The molecule has 25 heavy (non-hydrogen) atoms. The van der Waals surface area contributed by atoms with Crippen molar-refractivity contribution in [1.29, 1.82) is 0 Å². The maximum Gasteiger partial charge on any atom is 0.271 e. The van der Waals surface area contributed by atoms with Gasteiger partial charge in [-0.05, 0) is 25.5 Å². The highest BCUT2D eigenvalue weighted by Crippen LogP contribution is 2.28. The minimum atomic E-state index is -0.386. The van der Waals surface area contributed by atoms with Crippen molar-refractivity contribution in [3.8, 4) is 5.75 Å². The summed E-state index contributed by atoms with van der Waals surface area (Å²) in [5.74, 6) is 0.0827. The number of hydrogen-bond donors (Lipinski definition) is 3. The highest BCUT2D eigenvalue weighted by atomic mass is 32.1. The Labute approximate surface area is 150 Å². The number of carbonyl (C=O) groups is 2. The topological polar surface area (TPSA) is 92.4 Å². The van der Waals surface area contributed by atoms with E-state index >= 15 is 0 Å². The Kier molecular flexibility index (Phi) is 6.76. The van der Waals surface area contributed by atoms with E-state index in [1.165, 1.54) is 11.3 Å². The lowest BCUT2D eigenvalue weighted by atomic mass is 10.2. The maximum absolute atomic E-state index is 12.1. The van der Waals surface area contributed by atoms with Crippen LogP contribution >= 0.6 is 11.3 Å². The molecule has 1 aromatic heterocycles. The van der Waals surface area contributed by atoms with E-state index in [2.05, 4.69) is 20.9 Å². The van der Waals surface area contributed by atoms with Gasteiger partial charge in [0, 0.05) is 11.4 Å². The van der Waals surface area contributed by atoms with Gasteiger partial charge in [0.05, 0.1) is 19.3 Å². The van der Waals surface area contributed by atoms with Crippen LogP contribution in [-0.4, -0.2) is 36.5 Å². The molecule has 7 nitrogen and oxygen atoms in total. The second-order valence-electron chi connectivity index (χ2n) is 5.42. The van der Waals surface area contributed by atoms with Crippen LogP contribution < -0.4 is 20.7 Å². The van der Waals surface area contributed by atoms with E-state index in [0.29, 0.717) is 10.9 Å². The number of ether oxygens (including phenoxy) is 1. The number of amides is 2. The first-order valence-electron chi connectivity index (χ1n) is 7.96. The van der Waals surface area contributed by atoms with E-state index < -0.39 is 0 Å². The molecule has 0 radical (unpaired) electrons. The molecule has 0 aliphatic rings. The van der Waals surface area contributed by atoms with Crippen LogP contribution in [0, 0.1) is 0 Å². The fourth-order valence-electron chi connectivity index (χ4n) is 1.98. The molecule has 2 amide bonds. The molecular formula is C17H22N4O3S. The quantitative estimate of drug-likeness (QED) is 0.671. The van der Waals surface area contributed by atoms with Gasteiger partial charge >= 0.3 is 0 Å². The van der Waals surface area contributed by atoms with Crippen molar-refractivity contribution >= 4 is 34.0 Å². The SMILES string of the molecule is CC[C@@H](C)NC(=O)CNC(=O)c1csc(Nc2ccccc2OC)n1. The Balaban J connectivity index is 1.92. The zero-order valence-corrected chi connectivity index (χ0v) is 15.3. The van der Waals surface area contributed by atoms with E-state index in [4.69, 9.17) is 4.74 Å². The molecule has 0 spiro atoms. The van der Waals surface area contributed by atoms with Crippen molar-refractivity contribution in [2.24, 2.45) is 0 Å². The molecule has 1 aromatic carbocycles. The summed E-state index contributed by atoms with van der Waals surface area (Å²) in [7, 11) is 1.59. The standard InChI is InChI=1S/C17H22N4O3S/c1-4-11(2)19-15(22)9-18-16(23)13-10-25-17(21-13)20-12-7-5-6-8-14(12)24-3/h5-8,10-11H,4,9H2,1-3H3,(H,18,23)(H,19,22)(H,20,21)/t11-/m1/s1. The van der Waals surface area contributed by atoms with E-state index in [-0.39, 0.29) is 30.1 Å². The smallest absolute Gasteiger partial charge is 0.271 e. The molecule has 2 rings (SSSR count). The van der Waals surface area contributed by atoms with Gasteiger partial charge < -0.3 is 20.7 Å². The van der Waals surface area contributed by atoms with Gasteiger partial charge in [-0.15, -0.1) is 11.3 Å². The zero-order valence-electron chi connectivity index (χ0n) is 14.5. The molecule has 0 unspecified atom stereocenters. The number of thiazole rings is 1. The van der Waals surface area contributed by atoms with E-state index in [9.17, 15) is 9.59 Å². The second kappa shape index (κ2) is 9.03. The third kappa shape index (κ3) is 5.46. The van der Waals surface area contributed by atoms with Crippen molar-refractivity contribution in [3.63, 3.8) is 0 Å². The lowest BCUT2D eigenvalue weighted by Gasteiger charge is -2.11. The number of anilines is 2. The largest absolute Gasteiger partial charge is 0.495 e. The Bertz CT molecular complexity index is 732. The van der Waals surface area contributed by atoms with Gasteiger partial charge in [-0.25, -0.2) is 4.98 Å². The molecule has 0 saturated carbocycles. The van der Waals surface area contributed by atoms with Crippen LogP contribution in [0.1, 0.15) is 30.8 Å². The van der Waals surface area contributed by atoms with Crippen molar-refractivity contribution in [2.45, 2.75) is 26.3 Å². The van der Waals surface area contributed by atoms with E-state index in [1.807, 2.05) is 38.1 Å². The number of carbonyl (C=O) groups excluding carboxylic acids is 2. The first-order chi connectivity index (χ1) is 12.0. The summed E-state index contributed by atoms with van der Waals surface area (Å²) in [5, 5.41) is 10.7. The van der Waals surface area contributed by atoms with Crippen LogP contribution in [0.15, 0.2) is 29.6 Å². The Morgan fingerprint density at radius 1 is 1.32 bits per heavy atom. The summed E-state index contributed by atoms with van der Waals surface area (Å²) in [6.07, 6.45) is 0.837. The molecule has 0 aliphatic carbocycles. The summed E-state index contributed by atoms with van der Waals surface area (Å²) < 4.78 is 5.27.